The second-order valence-corrected chi connectivity index (χ2v) is 6.24. The Morgan fingerprint density at radius 2 is 2.30 bits per heavy atom. The zero-order valence-corrected chi connectivity index (χ0v) is 14.0. The maximum absolute atomic E-state index is 12.6. The third-order valence-corrected chi connectivity index (χ3v) is 4.28. The first kappa shape index (κ1) is 15.7. The van der Waals surface area contributed by atoms with Crippen molar-refractivity contribution in [2.45, 2.75) is 38.8 Å². The van der Waals surface area contributed by atoms with Crippen LogP contribution in [0.3, 0.4) is 0 Å². The molecule has 0 bridgehead atoms. The lowest BCUT2D eigenvalue weighted by atomic mass is 9.92. The topological polar surface area (TPSA) is 71.9 Å². The minimum atomic E-state index is -0.186. The molecule has 1 aromatic carbocycles. The molecule has 1 aromatic heterocycles. The maximum Gasteiger partial charge on any atom is 0.228 e. The normalized spacial score (nSPS) is 16.7. The number of nitrogens with zero attached hydrogens (tertiary/aromatic N) is 2. The van der Waals surface area contributed by atoms with Crippen LogP contribution >= 0.6 is 12.2 Å². The minimum absolute atomic E-state index is 0.00928. The third-order valence-electron chi connectivity index (χ3n) is 3.99. The third kappa shape index (κ3) is 3.14. The fraction of sp³-hybridized carbons (Fsp3) is 0.438. The number of aromatic amines is 1. The fourth-order valence-electron chi connectivity index (χ4n) is 2.90. The first-order valence-corrected chi connectivity index (χ1v) is 8.14. The van der Waals surface area contributed by atoms with Crippen molar-refractivity contribution in [3.63, 3.8) is 0 Å². The predicted octanol–water partition coefficient (Wildman–Crippen LogP) is 2.70. The van der Waals surface area contributed by atoms with Crippen LogP contribution in [-0.4, -0.2) is 27.3 Å². The lowest BCUT2D eigenvalue weighted by Crippen LogP contribution is -2.33. The number of para-hydroxylation sites is 1. The smallest absolute Gasteiger partial charge is 0.228 e. The number of hydrogen-bond acceptors (Lipinski definition) is 4. The van der Waals surface area contributed by atoms with Gasteiger partial charge < -0.3 is 14.6 Å². The van der Waals surface area contributed by atoms with Gasteiger partial charge in [-0.15, -0.1) is 0 Å². The van der Waals surface area contributed by atoms with E-state index in [9.17, 15) is 4.79 Å². The zero-order valence-electron chi connectivity index (χ0n) is 13.2. The molecule has 2 heterocycles. The van der Waals surface area contributed by atoms with Crippen LogP contribution in [-0.2, 0) is 11.3 Å². The maximum atomic E-state index is 12.6. The molecule has 0 saturated heterocycles. The second-order valence-electron chi connectivity index (χ2n) is 5.85. The van der Waals surface area contributed by atoms with Crippen LogP contribution in [0.4, 0.5) is 0 Å². The van der Waals surface area contributed by atoms with E-state index >= 15 is 0 Å². The van der Waals surface area contributed by atoms with Gasteiger partial charge >= 0.3 is 0 Å². The molecule has 1 amide bonds. The molecule has 0 spiro atoms. The van der Waals surface area contributed by atoms with Crippen LogP contribution in [0, 0.1) is 4.77 Å². The number of hydrogen-bond donors (Lipinski definition) is 2. The van der Waals surface area contributed by atoms with E-state index in [1.807, 2.05) is 42.7 Å². The van der Waals surface area contributed by atoms with Crippen LogP contribution in [0.1, 0.15) is 43.6 Å². The summed E-state index contributed by atoms with van der Waals surface area (Å²) >= 11 is 5.22. The number of H-pyrrole nitrogens is 1. The highest BCUT2D eigenvalue weighted by molar-refractivity contribution is 7.71. The van der Waals surface area contributed by atoms with E-state index in [-0.39, 0.29) is 17.9 Å². The van der Waals surface area contributed by atoms with Crippen molar-refractivity contribution in [2.24, 2.45) is 0 Å². The molecule has 2 aromatic rings. The summed E-state index contributed by atoms with van der Waals surface area (Å²) in [4.78, 5) is 12.6. The number of ether oxygens (including phenoxy) is 1. The molecule has 122 valence electrons. The Morgan fingerprint density at radius 3 is 3.09 bits per heavy atom. The van der Waals surface area contributed by atoms with Crippen LogP contribution in [0.5, 0.6) is 5.75 Å². The van der Waals surface area contributed by atoms with Crippen molar-refractivity contribution in [3.8, 4) is 5.75 Å². The van der Waals surface area contributed by atoms with Gasteiger partial charge in [0, 0.05) is 11.6 Å². The number of carbonyl (C=O) groups excluding carboxylic acids is 1. The molecule has 0 fully saturated rings. The predicted molar refractivity (Wildman–Crippen MR) is 88.9 cm³/mol. The fourth-order valence-corrected chi connectivity index (χ4v) is 3.26. The Kier molecular flexibility index (Phi) is 4.47. The van der Waals surface area contributed by atoms with Gasteiger partial charge in [-0.1, -0.05) is 18.2 Å². The van der Waals surface area contributed by atoms with Gasteiger partial charge in [-0.2, -0.15) is 5.10 Å². The van der Waals surface area contributed by atoms with Crippen molar-refractivity contribution in [2.75, 3.05) is 6.61 Å². The summed E-state index contributed by atoms with van der Waals surface area (Å²) in [7, 11) is 0. The molecule has 6 nitrogen and oxygen atoms in total. The summed E-state index contributed by atoms with van der Waals surface area (Å²) < 4.78 is 8.09. The quantitative estimate of drug-likeness (QED) is 0.845. The van der Waals surface area contributed by atoms with E-state index in [1.54, 1.807) is 0 Å². The Morgan fingerprint density at radius 1 is 1.52 bits per heavy atom. The molecule has 0 radical (unpaired) electrons. The first-order chi connectivity index (χ1) is 11.1. The largest absolute Gasteiger partial charge is 0.493 e. The molecule has 0 aliphatic carbocycles. The number of rotatable bonds is 4. The molecule has 0 saturated carbocycles. The SMILES string of the molecule is CC(C)n1c(CNC(=O)C2CCOc3ccccc32)n[nH]c1=S. The van der Waals surface area contributed by atoms with Crippen molar-refractivity contribution in [1.82, 2.24) is 20.1 Å². The van der Waals surface area contributed by atoms with Crippen molar-refractivity contribution in [3.05, 3.63) is 40.4 Å². The van der Waals surface area contributed by atoms with Gasteiger partial charge in [0.05, 0.1) is 19.1 Å². The van der Waals surface area contributed by atoms with Crippen LogP contribution in [0.15, 0.2) is 24.3 Å². The van der Waals surface area contributed by atoms with Gasteiger partial charge in [0.25, 0.3) is 0 Å². The van der Waals surface area contributed by atoms with E-state index in [0.717, 1.165) is 17.1 Å². The summed E-state index contributed by atoms with van der Waals surface area (Å²) in [5.41, 5.74) is 0.943. The molecule has 1 unspecified atom stereocenters. The summed E-state index contributed by atoms with van der Waals surface area (Å²) in [6, 6.07) is 7.88. The highest BCUT2D eigenvalue weighted by Crippen LogP contribution is 2.33. The number of amides is 1. The van der Waals surface area contributed by atoms with Crippen LogP contribution in [0.2, 0.25) is 0 Å². The number of nitrogens with one attached hydrogen (secondary N) is 2. The molecule has 2 N–H and O–H groups in total. The Hall–Kier alpha value is -2.15. The van der Waals surface area contributed by atoms with Crippen LogP contribution < -0.4 is 10.1 Å². The summed E-state index contributed by atoms with van der Waals surface area (Å²) in [5, 5.41) is 9.96. The average molecular weight is 332 g/mol. The minimum Gasteiger partial charge on any atom is -0.493 e. The lowest BCUT2D eigenvalue weighted by Gasteiger charge is -2.25. The van der Waals surface area contributed by atoms with E-state index in [0.29, 0.717) is 24.3 Å². The molecule has 7 heteroatoms. The molecule has 1 aliphatic heterocycles. The highest BCUT2D eigenvalue weighted by Gasteiger charge is 2.27. The lowest BCUT2D eigenvalue weighted by molar-refractivity contribution is -0.123. The van der Waals surface area contributed by atoms with Gasteiger partial charge in [0.2, 0.25) is 5.91 Å². The standard InChI is InChI=1S/C16H20N4O2S/c1-10(2)20-14(18-19-16(20)23)9-17-15(21)12-7-8-22-13-6-4-3-5-11(12)13/h3-6,10,12H,7-9H2,1-2H3,(H,17,21)(H,19,23). The Labute approximate surface area is 139 Å². The summed E-state index contributed by atoms with van der Waals surface area (Å²) in [6.45, 7) is 4.97. The van der Waals surface area contributed by atoms with Gasteiger partial charge in [-0.05, 0) is 38.6 Å². The van der Waals surface area contributed by atoms with Crippen molar-refractivity contribution >= 4 is 18.1 Å². The molecule has 3 rings (SSSR count). The Bertz CT molecular complexity index is 765. The second kappa shape index (κ2) is 6.54. The molecule has 1 aliphatic rings. The highest BCUT2D eigenvalue weighted by atomic mass is 32.1. The van der Waals surface area contributed by atoms with E-state index in [1.165, 1.54) is 0 Å². The molecule has 23 heavy (non-hydrogen) atoms. The monoisotopic (exact) mass is 332 g/mol. The van der Waals surface area contributed by atoms with Gasteiger partial charge in [0.1, 0.15) is 5.75 Å². The van der Waals surface area contributed by atoms with E-state index in [2.05, 4.69) is 15.5 Å². The zero-order chi connectivity index (χ0) is 16.4. The Balaban J connectivity index is 1.73. The van der Waals surface area contributed by atoms with Gasteiger partial charge in [0.15, 0.2) is 10.6 Å². The van der Waals surface area contributed by atoms with E-state index < -0.39 is 0 Å². The molecular formula is C16H20N4O2S. The average Bonchev–Trinajstić information content (AvgIpc) is 2.93. The molecule has 1 atom stereocenters. The number of fused-ring (bicyclic) bond motifs is 1. The van der Waals surface area contributed by atoms with Gasteiger partial charge in [-0.3, -0.25) is 9.89 Å². The van der Waals surface area contributed by atoms with Crippen molar-refractivity contribution in [1.29, 1.82) is 0 Å². The van der Waals surface area contributed by atoms with Gasteiger partial charge in [-0.25, -0.2) is 0 Å². The first-order valence-electron chi connectivity index (χ1n) is 7.73. The van der Waals surface area contributed by atoms with Crippen molar-refractivity contribution < 1.29 is 9.53 Å². The number of aromatic nitrogens is 3. The van der Waals surface area contributed by atoms with E-state index in [4.69, 9.17) is 17.0 Å². The number of carbonyl (C=O) groups is 1. The number of benzene rings is 1. The summed E-state index contributed by atoms with van der Waals surface area (Å²) in [6.07, 6.45) is 0.680. The summed E-state index contributed by atoms with van der Waals surface area (Å²) in [5.74, 6) is 1.33. The van der Waals surface area contributed by atoms with Crippen LogP contribution in [0.25, 0.3) is 0 Å². The molecular weight excluding hydrogens is 312 g/mol.